The van der Waals surface area contributed by atoms with Gasteiger partial charge in [0.05, 0.1) is 5.75 Å². The number of hydrogen-bond acceptors (Lipinski definition) is 5. The highest BCUT2D eigenvalue weighted by Crippen LogP contribution is 2.14. The third-order valence-electron chi connectivity index (χ3n) is 2.53. The molecule has 0 aliphatic heterocycles. The minimum Gasteiger partial charge on any atom is -0.352 e. The molecule has 0 radical (unpaired) electrons. The monoisotopic (exact) mass is 286 g/mol. The fraction of sp³-hybridized carbons (Fsp3) is 0.364. The Morgan fingerprint density at radius 2 is 2.05 bits per heavy atom. The molecule has 0 fully saturated rings. The van der Waals surface area contributed by atoms with E-state index in [2.05, 4.69) is 10.7 Å². The van der Waals surface area contributed by atoms with E-state index in [1.165, 1.54) is 0 Å². The van der Waals surface area contributed by atoms with E-state index in [1.807, 2.05) is 0 Å². The molecular weight excluding hydrogens is 268 g/mol. The average molecular weight is 286 g/mol. The number of carbonyl (C=O) groups excluding carboxylic acids is 1. The van der Waals surface area contributed by atoms with Crippen molar-refractivity contribution < 1.29 is 13.2 Å². The topological polar surface area (TPSA) is 127 Å². The summed E-state index contributed by atoms with van der Waals surface area (Å²) < 4.78 is 21.4. The summed E-state index contributed by atoms with van der Waals surface area (Å²) in [7, 11) is -3.48. The maximum atomic E-state index is 11.8. The normalized spacial score (nSPS) is 11.1. The zero-order chi connectivity index (χ0) is 14.5. The van der Waals surface area contributed by atoms with Gasteiger partial charge in [-0.1, -0.05) is 0 Å². The van der Waals surface area contributed by atoms with Crippen molar-refractivity contribution in [3.05, 3.63) is 29.3 Å². The molecule has 1 amide bonds. The number of primary sulfonamides is 1. The van der Waals surface area contributed by atoms with E-state index in [0.717, 1.165) is 5.56 Å². The number of nitrogens with one attached hydrogen (secondary N) is 2. The molecule has 0 bridgehead atoms. The molecule has 0 aliphatic carbocycles. The zero-order valence-electron chi connectivity index (χ0n) is 10.6. The first-order valence-electron chi connectivity index (χ1n) is 5.69. The molecule has 0 aliphatic rings. The molecule has 19 heavy (non-hydrogen) atoms. The minimum absolute atomic E-state index is 0.151. The number of anilines is 1. The van der Waals surface area contributed by atoms with Crippen LogP contribution in [0.15, 0.2) is 18.2 Å². The van der Waals surface area contributed by atoms with Crippen LogP contribution < -0.4 is 21.7 Å². The first-order valence-corrected chi connectivity index (χ1v) is 7.41. The predicted octanol–water partition coefficient (Wildman–Crippen LogP) is -0.311. The average Bonchev–Trinajstić information content (AvgIpc) is 2.33. The van der Waals surface area contributed by atoms with Gasteiger partial charge in [-0.05, 0) is 37.1 Å². The molecule has 6 N–H and O–H groups in total. The molecule has 1 aromatic carbocycles. The molecule has 0 unspecified atom stereocenters. The third-order valence-corrected chi connectivity index (χ3v) is 3.39. The van der Waals surface area contributed by atoms with Gasteiger partial charge >= 0.3 is 0 Å². The molecule has 8 heteroatoms. The van der Waals surface area contributed by atoms with Crippen LogP contribution in [0.2, 0.25) is 0 Å². The minimum atomic E-state index is -3.48. The van der Waals surface area contributed by atoms with Crippen molar-refractivity contribution in [2.24, 2.45) is 11.0 Å². The lowest BCUT2D eigenvalue weighted by Gasteiger charge is -2.09. The van der Waals surface area contributed by atoms with Gasteiger partial charge in [-0.3, -0.25) is 10.6 Å². The Morgan fingerprint density at radius 1 is 1.37 bits per heavy atom. The van der Waals surface area contributed by atoms with Gasteiger partial charge < -0.3 is 10.7 Å². The number of nitrogens with two attached hydrogens (primary N) is 2. The van der Waals surface area contributed by atoms with Crippen molar-refractivity contribution in [3.63, 3.8) is 0 Å². The number of amides is 1. The van der Waals surface area contributed by atoms with Gasteiger partial charge in [0, 0.05) is 17.8 Å². The predicted molar refractivity (Wildman–Crippen MR) is 73.9 cm³/mol. The Morgan fingerprint density at radius 3 is 2.58 bits per heavy atom. The molecule has 0 atom stereocenters. The summed E-state index contributed by atoms with van der Waals surface area (Å²) in [6, 6.07) is 5.09. The van der Waals surface area contributed by atoms with Gasteiger partial charge in [-0.2, -0.15) is 0 Å². The number of nitrogen functional groups attached to an aromatic ring is 1. The highest BCUT2D eigenvalue weighted by atomic mass is 32.2. The van der Waals surface area contributed by atoms with E-state index in [4.69, 9.17) is 11.0 Å². The van der Waals surface area contributed by atoms with Crippen LogP contribution in [0.25, 0.3) is 0 Å². The molecule has 106 valence electrons. The van der Waals surface area contributed by atoms with Crippen LogP contribution in [-0.4, -0.2) is 26.6 Å². The number of hydrogen-bond donors (Lipinski definition) is 4. The van der Waals surface area contributed by atoms with E-state index in [9.17, 15) is 13.2 Å². The van der Waals surface area contributed by atoms with Crippen LogP contribution in [0.3, 0.4) is 0 Å². The second-order valence-electron chi connectivity index (χ2n) is 4.15. The van der Waals surface area contributed by atoms with Crippen LogP contribution in [0, 0.1) is 6.92 Å². The maximum absolute atomic E-state index is 11.8. The van der Waals surface area contributed by atoms with E-state index < -0.39 is 10.0 Å². The summed E-state index contributed by atoms with van der Waals surface area (Å²) in [6.07, 6.45) is 0.284. The lowest BCUT2D eigenvalue weighted by molar-refractivity contribution is 0.0953. The van der Waals surface area contributed by atoms with Gasteiger partial charge in [-0.25, -0.2) is 13.6 Å². The third kappa shape index (κ3) is 5.25. The number of sulfonamides is 1. The number of benzene rings is 1. The molecule has 0 spiro atoms. The van der Waals surface area contributed by atoms with E-state index >= 15 is 0 Å². The second kappa shape index (κ2) is 6.50. The lowest BCUT2D eigenvalue weighted by Crippen LogP contribution is -2.27. The van der Waals surface area contributed by atoms with Crippen LogP contribution >= 0.6 is 0 Å². The lowest BCUT2D eigenvalue weighted by atomic mass is 10.1. The van der Waals surface area contributed by atoms with Crippen LogP contribution in [0.1, 0.15) is 22.3 Å². The molecule has 7 nitrogen and oxygen atoms in total. The molecule has 0 heterocycles. The maximum Gasteiger partial charge on any atom is 0.251 e. The SMILES string of the molecule is Cc1cc(NN)ccc1C(=O)NCCCS(N)(=O)=O. The van der Waals surface area contributed by atoms with E-state index in [0.29, 0.717) is 11.3 Å². The molecular formula is C11H18N4O3S. The van der Waals surface area contributed by atoms with Gasteiger partial charge in [0.1, 0.15) is 0 Å². The Labute approximate surface area is 112 Å². The number of rotatable bonds is 6. The smallest absolute Gasteiger partial charge is 0.251 e. The second-order valence-corrected chi connectivity index (χ2v) is 5.88. The van der Waals surface area contributed by atoms with E-state index in [-0.39, 0.29) is 24.6 Å². The summed E-state index contributed by atoms with van der Waals surface area (Å²) in [6.45, 7) is 2.05. The van der Waals surface area contributed by atoms with Crippen LogP contribution in [-0.2, 0) is 10.0 Å². The van der Waals surface area contributed by atoms with Crippen molar-refractivity contribution in [3.8, 4) is 0 Å². The first-order chi connectivity index (χ1) is 8.83. The summed E-state index contributed by atoms with van der Waals surface area (Å²) in [4.78, 5) is 11.8. The standard InChI is InChI=1S/C11H18N4O3S/c1-8-7-9(15-12)3-4-10(8)11(16)14-5-2-6-19(13,17)18/h3-4,7,15H,2,5-6,12H2,1H3,(H,14,16)(H2,13,17,18). The van der Waals surface area contributed by atoms with Gasteiger partial charge in [-0.15, -0.1) is 0 Å². The Balaban J connectivity index is 2.54. The van der Waals surface area contributed by atoms with Crippen molar-refractivity contribution in [2.75, 3.05) is 17.7 Å². The van der Waals surface area contributed by atoms with Crippen molar-refractivity contribution in [1.29, 1.82) is 0 Å². The fourth-order valence-corrected chi connectivity index (χ4v) is 2.13. The largest absolute Gasteiger partial charge is 0.352 e. The molecule has 0 aromatic heterocycles. The summed E-state index contributed by atoms with van der Waals surface area (Å²) in [5.41, 5.74) is 4.50. The van der Waals surface area contributed by atoms with E-state index in [1.54, 1.807) is 25.1 Å². The van der Waals surface area contributed by atoms with Gasteiger partial charge in [0.2, 0.25) is 10.0 Å². The van der Waals surface area contributed by atoms with Gasteiger partial charge in [0.15, 0.2) is 0 Å². The van der Waals surface area contributed by atoms with Gasteiger partial charge in [0.25, 0.3) is 5.91 Å². The molecule has 0 saturated carbocycles. The van der Waals surface area contributed by atoms with Crippen molar-refractivity contribution in [2.45, 2.75) is 13.3 Å². The van der Waals surface area contributed by atoms with Crippen molar-refractivity contribution >= 4 is 21.6 Å². The van der Waals surface area contributed by atoms with Crippen LogP contribution in [0.4, 0.5) is 5.69 Å². The van der Waals surface area contributed by atoms with Crippen molar-refractivity contribution in [1.82, 2.24) is 5.32 Å². The quantitative estimate of drug-likeness (QED) is 0.324. The number of carbonyl (C=O) groups is 1. The zero-order valence-corrected chi connectivity index (χ0v) is 11.5. The summed E-state index contributed by atoms with van der Waals surface area (Å²) >= 11 is 0. The van der Waals surface area contributed by atoms with Crippen LogP contribution in [0.5, 0.6) is 0 Å². The molecule has 1 aromatic rings. The summed E-state index contributed by atoms with van der Waals surface area (Å²) in [5.74, 6) is 4.86. The number of hydrazine groups is 1. The highest BCUT2D eigenvalue weighted by Gasteiger charge is 2.09. The fourth-order valence-electron chi connectivity index (χ4n) is 1.58. The highest BCUT2D eigenvalue weighted by molar-refractivity contribution is 7.89. The molecule has 0 saturated heterocycles. The Bertz CT molecular complexity index is 557. The number of aryl methyl sites for hydroxylation is 1. The summed E-state index contributed by atoms with van der Waals surface area (Å²) in [5, 5.41) is 7.50. The Hall–Kier alpha value is -1.64. The molecule has 1 rings (SSSR count). The first kappa shape index (κ1) is 15.4. The Kier molecular flexibility index (Phi) is 5.28.